The van der Waals surface area contributed by atoms with Crippen molar-refractivity contribution in [1.82, 2.24) is 0 Å². The average Bonchev–Trinajstić information content (AvgIpc) is 3.30. The van der Waals surface area contributed by atoms with E-state index in [1.165, 1.54) is 21.3 Å². The van der Waals surface area contributed by atoms with Gasteiger partial charge in [0, 0.05) is 34.5 Å². The number of ether oxygens (including phenoxy) is 3. The van der Waals surface area contributed by atoms with Crippen LogP contribution in [0.2, 0.25) is 0 Å². The lowest BCUT2D eigenvalue weighted by Crippen LogP contribution is -2.04. The van der Waals surface area contributed by atoms with Crippen LogP contribution < -0.4 is 19.5 Å². The van der Waals surface area contributed by atoms with Crippen molar-refractivity contribution in [3.63, 3.8) is 0 Å². The summed E-state index contributed by atoms with van der Waals surface area (Å²) in [5.74, 6) is 1.95. The van der Waals surface area contributed by atoms with Gasteiger partial charge in [0.2, 0.25) is 5.75 Å². The molecule has 0 atom stereocenters. The van der Waals surface area contributed by atoms with E-state index < -0.39 is 0 Å². The van der Waals surface area contributed by atoms with E-state index in [1.807, 2.05) is 30.3 Å². The zero-order chi connectivity index (χ0) is 20.8. The molecule has 3 rings (SSSR count). The standard InChI is InChI=1S/C23H23NO5/c1-5-10-24-18-9-8-15(19-7-6-11-29-19)12-17(18)21-16(14-25)13-20(26-2)22(27-3)23(21)28-4/h5-9,11-14,24H,1,10H2,2-4H3. The minimum Gasteiger partial charge on any atom is -0.493 e. The van der Waals surface area contributed by atoms with E-state index in [1.54, 1.807) is 18.4 Å². The Bertz CT molecular complexity index is 1010. The molecule has 29 heavy (non-hydrogen) atoms. The number of aldehydes is 1. The van der Waals surface area contributed by atoms with E-state index in [-0.39, 0.29) is 0 Å². The smallest absolute Gasteiger partial charge is 0.203 e. The number of nitrogens with one attached hydrogen (secondary N) is 1. The summed E-state index contributed by atoms with van der Waals surface area (Å²) in [6.07, 6.45) is 4.15. The van der Waals surface area contributed by atoms with Gasteiger partial charge in [0.15, 0.2) is 17.8 Å². The Morgan fingerprint density at radius 1 is 1.07 bits per heavy atom. The lowest BCUT2D eigenvalue weighted by atomic mass is 9.94. The number of carbonyl (C=O) groups excluding carboxylic acids is 1. The van der Waals surface area contributed by atoms with Crippen LogP contribution in [0.3, 0.4) is 0 Å². The number of benzene rings is 2. The van der Waals surface area contributed by atoms with Gasteiger partial charge < -0.3 is 23.9 Å². The Kier molecular flexibility index (Phi) is 6.24. The summed E-state index contributed by atoms with van der Waals surface area (Å²) in [5.41, 5.74) is 3.45. The first-order valence-corrected chi connectivity index (χ1v) is 8.99. The van der Waals surface area contributed by atoms with Crippen LogP contribution in [0, 0.1) is 0 Å². The SMILES string of the molecule is C=CCNc1ccc(-c2ccco2)cc1-c1c(C=O)cc(OC)c(OC)c1OC. The highest BCUT2D eigenvalue weighted by atomic mass is 16.5. The van der Waals surface area contributed by atoms with Gasteiger partial charge in [0.25, 0.3) is 0 Å². The van der Waals surface area contributed by atoms with Gasteiger partial charge in [-0.1, -0.05) is 6.08 Å². The Hall–Kier alpha value is -3.67. The quantitative estimate of drug-likeness (QED) is 0.405. The number of furan rings is 1. The van der Waals surface area contributed by atoms with Crippen molar-refractivity contribution in [2.24, 2.45) is 0 Å². The largest absolute Gasteiger partial charge is 0.493 e. The lowest BCUT2D eigenvalue weighted by molar-refractivity contribution is 0.112. The van der Waals surface area contributed by atoms with Crippen molar-refractivity contribution >= 4 is 12.0 Å². The maximum absolute atomic E-state index is 12.0. The van der Waals surface area contributed by atoms with Crippen LogP contribution in [-0.4, -0.2) is 34.2 Å². The van der Waals surface area contributed by atoms with E-state index in [0.29, 0.717) is 40.7 Å². The maximum atomic E-state index is 12.0. The second-order valence-corrected chi connectivity index (χ2v) is 6.13. The molecule has 6 nitrogen and oxygen atoms in total. The van der Waals surface area contributed by atoms with Crippen LogP contribution in [0.15, 0.2) is 59.7 Å². The molecule has 1 heterocycles. The molecule has 2 aromatic carbocycles. The predicted molar refractivity (Wildman–Crippen MR) is 113 cm³/mol. The van der Waals surface area contributed by atoms with Gasteiger partial charge in [0.05, 0.1) is 27.6 Å². The van der Waals surface area contributed by atoms with E-state index in [2.05, 4.69) is 11.9 Å². The van der Waals surface area contributed by atoms with Crippen LogP contribution in [-0.2, 0) is 0 Å². The zero-order valence-electron chi connectivity index (χ0n) is 16.7. The van der Waals surface area contributed by atoms with Crippen molar-refractivity contribution in [2.75, 3.05) is 33.2 Å². The van der Waals surface area contributed by atoms with Crippen molar-refractivity contribution in [3.05, 3.63) is 60.9 Å². The summed E-state index contributed by atoms with van der Waals surface area (Å²) in [6, 6.07) is 11.2. The molecule has 1 aromatic heterocycles. The molecule has 0 saturated heterocycles. The van der Waals surface area contributed by atoms with E-state index in [0.717, 1.165) is 23.1 Å². The highest BCUT2D eigenvalue weighted by Crippen LogP contribution is 2.48. The number of carbonyl (C=O) groups is 1. The van der Waals surface area contributed by atoms with Crippen molar-refractivity contribution in [3.8, 4) is 39.7 Å². The summed E-state index contributed by atoms with van der Waals surface area (Å²) in [4.78, 5) is 12.0. The number of anilines is 1. The van der Waals surface area contributed by atoms with Gasteiger partial charge >= 0.3 is 0 Å². The summed E-state index contributed by atoms with van der Waals surface area (Å²) < 4.78 is 22.1. The number of hydrogen-bond acceptors (Lipinski definition) is 6. The fourth-order valence-electron chi connectivity index (χ4n) is 3.23. The zero-order valence-corrected chi connectivity index (χ0v) is 16.7. The first kappa shape index (κ1) is 20.1. The van der Waals surface area contributed by atoms with Crippen LogP contribution in [0.5, 0.6) is 17.2 Å². The van der Waals surface area contributed by atoms with Gasteiger partial charge in [-0.15, -0.1) is 6.58 Å². The highest BCUT2D eigenvalue weighted by molar-refractivity contribution is 5.98. The van der Waals surface area contributed by atoms with E-state index in [4.69, 9.17) is 18.6 Å². The molecule has 0 aliphatic heterocycles. The molecule has 0 saturated carbocycles. The molecule has 0 fully saturated rings. The minimum atomic E-state index is 0.409. The fraction of sp³-hybridized carbons (Fsp3) is 0.174. The lowest BCUT2D eigenvalue weighted by Gasteiger charge is -2.20. The van der Waals surface area contributed by atoms with Crippen molar-refractivity contribution in [2.45, 2.75) is 0 Å². The minimum absolute atomic E-state index is 0.409. The molecular formula is C23H23NO5. The Labute approximate surface area is 169 Å². The fourth-order valence-corrected chi connectivity index (χ4v) is 3.23. The number of methoxy groups -OCH3 is 3. The molecule has 3 aromatic rings. The summed E-state index contributed by atoms with van der Waals surface area (Å²) >= 11 is 0. The third-order valence-electron chi connectivity index (χ3n) is 4.52. The topological polar surface area (TPSA) is 69.9 Å². The first-order valence-electron chi connectivity index (χ1n) is 8.99. The molecular weight excluding hydrogens is 370 g/mol. The Morgan fingerprint density at radius 2 is 1.86 bits per heavy atom. The van der Waals surface area contributed by atoms with E-state index in [9.17, 15) is 4.79 Å². The average molecular weight is 393 g/mol. The third kappa shape index (κ3) is 3.82. The molecule has 0 amide bonds. The number of hydrogen-bond donors (Lipinski definition) is 1. The second kappa shape index (κ2) is 9.01. The van der Waals surface area contributed by atoms with Crippen LogP contribution in [0.4, 0.5) is 5.69 Å². The first-order chi connectivity index (χ1) is 14.2. The van der Waals surface area contributed by atoms with Gasteiger partial charge in [-0.2, -0.15) is 0 Å². The number of rotatable bonds is 9. The van der Waals surface area contributed by atoms with Gasteiger partial charge in [-0.3, -0.25) is 4.79 Å². The molecule has 0 spiro atoms. The van der Waals surface area contributed by atoms with Gasteiger partial charge in [0.1, 0.15) is 5.76 Å². The molecule has 6 heteroatoms. The van der Waals surface area contributed by atoms with Gasteiger partial charge in [-0.25, -0.2) is 0 Å². The Balaban J connectivity index is 2.33. The monoisotopic (exact) mass is 393 g/mol. The summed E-state index contributed by atoms with van der Waals surface area (Å²) in [6.45, 7) is 4.31. The molecule has 150 valence electrons. The van der Waals surface area contributed by atoms with Crippen LogP contribution in [0.25, 0.3) is 22.5 Å². The van der Waals surface area contributed by atoms with Crippen LogP contribution >= 0.6 is 0 Å². The van der Waals surface area contributed by atoms with E-state index >= 15 is 0 Å². The maximum Gasteiger partial charge on any atom is 0.203 e. The van der Waals surface area contributed by atoms with Gasteiger partial charge in [-0.05, 0) is 36.4 Å². The second-order valence-electron chi connectivity index (χ2n) is 6.13. The van der Waals surface area contributed by atoms with Crippen molar-refractivity contribution < 1.29 is 23.4 Å². The molecule has 0 aliphatic rings. The Morgan fingerprint density at radius 3 is 2.45 bits per heavy atom. The van der Waals surface area contributed by atoms with Crippen LogP contribution in [0.1, 0.15) is 10.4 Å². The molecule has 0 unspecified atom stereocenters. The predicted octanol–water partition coefficient (Wildman–Crippen LogP) is 5.05. The summed E-state index contributed by atoms with van der Waals surface area (Å²) in [5, 5.41) is 3.31. The molecule has 0 aliphatic carbocycles. The third-order valence-corrected chi connectivity index (χ3v) is 4.52. The summed E-state index contributed by atoms with van der Waals surface area (Å²) in [7, 11) is 4.57. The van der Waals surface area contributed by atoms with Crippen molar-refractivity contribution in [1.29, 1.82) is 0 Å². The highest BCUT2D eigenvalue weighted by Gasteiger charge is 2.24. The molecule has 0 bridgehead atoms. The normalized spacial score (nSPS) is 10.3. The molecule has 0 radical (unpaired) electrons. The molecule has 1 N–H and O–H groups in total.